The van der Waals surface area contributed by atoms with Gasteiger partial charge < -0.3 is 24.5 Å². The van der Waals surface area contributed by atoms with E-state index in [0.717, 1.165) is 49.9 Å². The molecule has 9 unspecified atom stereocenters. The summed E-state index contributed by atoms with van der Waals surface area (Å²) in [6, 6.07) is 3.96. The van der Waals surface area contributed by atoms with Crippen molar-refractivity contribution < 1.29 is 29.3 Å². The molecule has 3 N–H and O–H groups in total. The molecule has 4 saturated carbocycles. The highest BCUT2D eigenvalue weighted by Crippen LogP contribution is 2.70. The molecule has 6 rings (SSSR count). The van der Waals surface area contributed by atoms with Gasteiger partial charge in [-0.2, -0.15) is 0 Å². The number of nitrogens with zero attached hydrogens (tertiary/aromatic N) is 1. The third-order valence-corrected chi connectivity index (χ3v) is 11.6. The van der Waals surface area contributed by atoms with Gasteiger partial charge in [0.2, 0.25) is 0 Å². The lowest BCUT2D eigenvalue weighted by Gasteiger charge is -2.65. The fourth-order valence-electron chi connectivity index (χ4n) is 9.50. The van der Waals surface area contributed by atoms with Gasteiger partial charge in [0.1, 0.15) is 12.4 Å². The summed E-state index contributed by atoms with van der Waals surface area (Å²) < 4.78 is 10.8. The number of aryl methyl sites for hydroxylation is 1. The standard InChI is InChI=1S/C31H43NO6/c1-20(5-6-23-4-3-15-37-23)32-19-29-12-7-22(33)17-30(29,35)13-9-26-25(29)8-11-28(2)24(10-14-31(26,28)36)21-16-27(34)38-18-21/h3-4,15-16,19-20,22,24-26,33,35-36H,5-14,17-18H2,1-2H3. The van der Waals surface area contributed by atoms with Gasteiger partial charge in [-0.05, 0) is 100 Å². The monoisotopic (exact) mass is 525 g/mol. The maximum Gasteiger partial charge on any atom is 0.331 e. The van der Waals surface area contributed by atoms with Crippen LogP contribution in [0.15, 0.2) is 39.5 Å². The van der Waals surface area contributed by atoms with Crippen molar-refractivity contribution in [3.8, 4) is 0 Å². The molecule has 0 saturated heterocycles. The number of carbonyl (C=O) groups is 1. The van der Waals surface area contributed by atoms with Crippen molar-refractivity contribution in [2.24, 2.45) is 33.6 Å². The Bertz CT molecular complexity index is 1110. The van der Waals surface area contributed by atoms with E-state index >= 15 is 0 Å². The van der Waals surface area contributed by atoms with E-state index in [1.54, 1.807) is 12.3 Å². The first-order chi connectivity index (χ1) is 18.1. The molecule has 208 valence electrons. The van der Waals surface area contributed by atoms with Gasteiger partial charge in [0.05, 0.1) is 23.6 Å². The minimum Gasteiger partial charge on any atom is -0.469 e. The Morgan fingerprint density at radius 3 is 2.68 bits per heavy atom. The van der Waals surface area contributed by atoms with E-state index in [4.69, 9.17) is 14.1 Å². The van der Waals surface area contributed by atoms with Crippen molar-refractivity contribution in [1.82, 2.24) is 0 Å². The molecule has 1 aliphatic heterocycles. The molecule has 2 heterocycles. The molecule has 0 spiro atoms. The van der Waals surface area contributed by atoms with Crippen LogP contribution in [0.5, 0.6) is 0 Å². The second-order valence-corrected chi connectivity index (χ2v) is 13.3. The summed E-state index contributed by atoms with van der Waals surface area (Å²) in [5.74, 6) is 0.967. The minimum atomic E-state index is -1.02. The van der Waals surface area contributed by atoms with Crippen molar-refractivity contribution in [3.05, 3.63) is 35.8 Å². The molecule has 4 fully saturated rings. The average molecular weight is 526 g/mol. The lowest BCUT2D eigenvalue weighted by atomic mass is 9.41. The number of furan rings is 1. The SMILES string of the molecule is CC(CCc1ccco1)N=CC12CCC(O)CC1(O)CCC1C2CCC2(C)C(C3=CC(=O)OC3)CCC12O. The largest absolute Gasteiger partial charge is 0.469 e. The van der Waals surface area contributed by atoms with E-state index in [2.05, 4.69) is 20.1 Å². The van der Waals surface area contributed by atoms with Crippen molar-refractivity contribution in [2.75, 3.05) is 6.61 Å². The number of rotatable bonds is 6. The van der Waals surface area contributed by atoms with Crippen molar-refractivity contribution in [3.63, 3.8) is 0 Å². The van der Waals surface area contributed by atoms with Crippen LogP contribution in [0, 0.1) is 28.6 Å². The highest BCUT2D eigenvalue weighted by atomic mass is 16.5. The molecule has 9 atom stereocenters. The number of esters is 1. The molecule has 5 aliphatic rings. The topological polar surface area (TPSA) is 112 Å². The van der Waals surface area contributed by atoms with Gasteiger partial charge in [0, 0.05) is 42.0 Å². The first-order valence-electron chi connectivity index (χ1n) is 14.7. The lowest BCUT2D eigenvalue weighted by Crippen LogP contribution is -2.68. The van der Waals surface area contributed by atoms with Gasteiger partial charge in [-0.1, -0.05) is 6.92 Å². The minimum absolute atomic E-state index is 0.0465. The molecule has 7 nitrogen and oxygen atoms in total. The predicted octanol–water partition coefficient (Wildman–Crippen LogP) is 4.38. The Balaban J connectivity index is 1.30. The van der Waals surface area contributed by atoms with Crippen molar-refractivity contribution in [1.29, 1.82) is 0 Å². The molecule has 1 aromatic rings. The predicted molar refractivity (Wildman–Crippen MR) is 142 cm³/mol. The fourth-order valence-corrected chi connectivity index (χ4v) is 9.50. The zero-order chi connectivity index (χ0) is 26.8. The summed E-state index contributed by atoms with van der Waals surface area (Å²) in [4.78, 5) is 16.9. The van der Waals surface area contributed by atoms with Gasteiger partial charge in [-0.3, -0.25) is 4.99 Å². The van der Waals surface area contributed by atoms with Gasteiger partial charge in [0.25, 0.3) is 0 Å². The zero-order valence-corrected chi connectivity index (χ0v) is 22.8. The van der Waals surface area contributed by atoms with Crippen LogP contribution >= 0.6 is 0 Å². The number of carbonyl (C=O) groups excluding carboxylic acids is 1. The number of cyclic esters (lactones) is 1. The van der Waals surface area contributed by atoms with E-state index in [1.165, 1.54) is 0 Å². The molecule has 0 radical (unpaired) electrons. The zero-order valence-electron chi connectivity index (χ0n) is 22.8. The molecular formula is C31H43NO6. The number of aliphatic imine (C=N–C) groups is 1. The van der Waals surface area contributed by atoms with E-state index in [0.29, 0.717) is 38.7 Å². The summed E-state index contributed by atoms with van der Waals surface area (Å²) in [7, 11) is 0. The maximum absolute atomic E-state index is 12.5. The van der Waals surface area contributed by atoms with E-state index < -0.39 is 22.7 Å². The first-order valence-corrected chi connectivity index (χ1v) is 14.7. The maximum atomic E-state index is 12.5. The molecule has 0 amide bonds. The molecule has 7 heteroatoms. The highest BCUT2D eigenvalue weighted by Gasteiger charge is 2.71. The summed E-state index contributed by atoms with van der Waals surface area (Å²) in [5, 5.41) is 35.3. The quantitative estimate of drug-likeness (QED) is 0.375. The number of hydrogen-bond acceptors (Lipinski definition) is 7. The van der Waals surface area contributed by atoms with Gasteiger partial charge >= 0.3 is 5.97 Å². The number of hydrogen-bond donors (Lipinski definition) is 3. The first kappa shape index (κ1) is 26.3. The number of ether oxygens (including phenoxy) is 1. The summed E-state index contributed by atoms with van der Waals surface area (Å²) >= 11 is 0. The Morgan fingerprint density at radius 2 is 1.95 bits per heavy atom. The van der Waals surface area contributed by atoms with Gasteiger partial charge in [0.15, 0.2) is 0 Å². The van der Waals surface area contributed by atoms with Crippen LogP contribution in [0.25, 0.3) is 0 Å². The second kappa shape index (κ2) is 9.31. The molecule has 0 bridgehead atoms. The molecular weight excluding hydrogens is 482 g/mol. The fraction of sp³-hybridized carbons (Fsp3) is 0.742. The number of aliphatic hydroxyl groups excluding tert-OH is 1. The van der Waals surface area contributed by atoms with Crippen LogP contribution in [0.3, 0.4) is 0 Å². The Hall–Kier alpha value is -1.96. The van der Waals surface area contributed by atoms with Gasteiger partial charge in [-0.25, -0.2) is 4.79 Å². The van der Waals surface area contributed by atoms with E-state index in [-0.39, 0.29) is 35.2 Å². The molecule has 0 aromatic carbocycles. The van der Waals surface area contributed by atoms with Crippen LogP contribution in [-0.4, -0.2) is 57.5 Å². The van der Waals surface area contributed by atoms with Crippen LogP contribution in [0.4, 0.5) is 0 Å². The van der Waals surface area contributed by atoms with Crippen LogP contribution in [0.1, 0.15) is 83.8 Å². The van der Waals surface area contributed by atoms with Crippen LogP contribution in [-0.2, 0) is 16.0 Å². The molecule has 4 aliphatic carbocycles. The summed E-state index contributed by atoms with van der Waals surface area (Å²) in [6.07, 6.45) is 12.9. The summed E-state index contributed by atoms with van der Waals surface area (Å²) in [6.45, 7) is 4.67. The Labute approximate surface area is 225 Å². The van der Waals surface area contributed by atoms with Gasteiger partial charge in [-0.15, -0.1) is 0 Å². The normalized spacial score (nSPS) is 45.3. The molecule has 38 heavy (non-hydrogen) atoms. The number of fused-ring (bicyclic) bond motifs is 5. The molecule has 1 aromatic heterocycles. The van der Waals surface area contributed by atoms with E-state index in [9.17, 15) is 20.1 Å². The van der Waals surface area contributed by atoms with Crippen LogP contribution < -0.4 is 0 Å². The van der Waals surface area contributed by atoms with Crippen LogP contribution in [0.2, 0.25) is 0 Å². The van der Waals surface area contributed by atoms with Crippen molar-refractivity contribution >= 4 is 12.2 Å². The number of aliphatic hydroxyl groups is 3. The highest BCUT2D eigenvalue weighted by molar-refractivity contribution is 5.85. The Kier molecular flexibility index (Phi) is 6.44. The van der Waals surface area contributed by atoms with Crippen molar-refractivity contribution in [2.45, 2.75) is 108 Å². The smallest absolute Gasteiger partial charge is 0.331 e. The second-order valence-electron chi connectivity index (χ2n) is 13.3. The average Bonchev–Trinajstić information content (AvgIpc) is 3.61. The van der Waals surface area contributed by atoms with E-state index in [1.807, 2.05) is 12.1 Å². The Morgan fingerprint density at radius 1 is 1.13 bits per heavy atom. The third kappa shape index (κ3) is 3.87. The summed E-state index contributed by atoms with van der Waals surface area (Å²) in [5.41, 5.74) is -1.74. The third-order valence-electron chi connectivity index (χ3n) is 11.6. The lowest BCUT2D eigenvalue weighted by molar-refractivity contribution is -0.237.